The summed E-state index contributed by atoms with van der Waals surface area (Å²) in [5, 5.41) is 5.96. The average Bonchev–Trinajstić information content (AvgIpc) is 2.67. The molecule has 0 heterocycles. The van der Waals surface area contributed by atoms with E-state index in [0.717, 1.165) is 5.56 Å². The van der Waals surface area contributed by atoms with Gasteiger partial charge in [-0.05, 0) is 37.6 Å². The third-order valence-electron chi connectivity index (χ3n) is 4.14. The van der Waals surface area contributed by atoms with Crippen LogP contribution in [0.3, 0.4) is 0 Å². The van der Waals surface area contributed by atoms with Crippen LogP contribution in [0.15, 0.2) is 24.3 Å². The normalized spacial score (nSPS) is 12.7. The van der Waals surface area contributed by atoms with Crippen molar-refractivity contribution in [3.8, 4) is 0 Å². The molecular weight excluding hydrogens is 364 g/mol. The van der Waals surface area contributed by atoms with Crippen molar-refractivity contribution in [2.45, 2.75) is 31.5 Å². The summed E-state index contributed by atoms with van der Waals surface area (Å²) in [7, 11) is 3.48. The lowest BCUT2D eigenvalue weighted by Crippen LogP contribution is -2.40. The van der Waals surface area contributed by atoms with Crippen molar-refractivity contribution >= 4 is 23.6 Å². The first-order valence-electron chi connectivity index (χ1n) is 8.96. The number of carbonyl (C=O) groups is 3. The standard InChI is InChI=1S/C18H30N6O4/c1-22-9-10-24(2)18(27)28-11-12-3-5-13(6-4-12)23-15(17(21)26)8-7-14(19)16(20)25/h3-6,14-15,22-23H,7-11,19H2,1-2H3,(H2,20,25)(H2,21,26)/t14?,15-/m0/s1. The molecule has 1 unspecified atom stereocenters. The molecule has 10 nitrogen and oxygen atoms in total. The molecule has 0 fully saturated rings. The summed E-state index contributed by atoms with van der Waals surface area (Å²) in [6.45, 7) is 1.36. The number of nitrogens with one attached hydrogen (secondary N) is 2. The van der Waals surface area contributed by atoms with Crippen LogP contribution in [0.1, 0.15) is 18.4 Å². The SMILES string of the molecule is CNCCN(C)C(=O)OCc1ccc(N[C@@H](CCC(N)C(N)=O)C(N)=O)cc1. The van der Waals surface area contributed by atoms with Crippen LogP contribution >= 0.6 is 0 Å². The third kappa shape index (κ3) is 8.23. The molecule has 0 spiro atoms. The van der Waals surface area contributed by atoms with Gasteiger partial charge >= 0.3 is 6.09 Å². The van der Waals surface area contributed by atoms with Gasteiger partial charge in [-0.1, -0.05) is 12.1 Å². The highest BCUT2D eigenvalue weighted by atomic mass is 16.6. The zero-order chi connectivity index (χ0) is 21.1. The minimum Gasteiger partial charge on any atom is -0.445 e. The second kappa shape index (κ2) is 11.8. The Bertz CT molecular complexity index is 652. The summed E-state index contributed by atoms with van der Waals surface area (Å²) in [6.07, 6.45) is 0.111. The minimum absolute atomic E-state index is 0.135. The average molecular weight is 394 g/mol. The van der Waals surface area contributed by atoms with E-state index in [2.05, 4.69) is 10.6 Å². The quantitative estimate of drug-likeness (QED) is 0.313. The van der Waals surface area contributed by atoms with Gasteiger partial charge in [-0.25, -0.2) is 4.79 Å². The molecule has 2 atom stereocenters. The number of nitrogens with zero attached hydrogens (tertiary/aromatic N) is 1. The molecule has 0 aliphatic rings. The molecule has 0 aromatic heterocycles. The van der Waals surface area contributed by atoms with Crippen LogP contribution in [0.5, 0.6) is 0 Å². The molecule has 8 N–H and O–H groups in total. The summed E-state index contributed by atoms with van der Waals surface area (Å²) in [4.78, 5) is 35.9. The molecule has 1 aromatic rings. The number of ether oxygens (including phenoxy) is 1. The van der Waals surface area contributed by atoms with Gasteiger partial charge in [0.05, 0.1) is 6.04 Å². The molecular formula is C18H30N6O4. The van der Waals surface area contributed by atoms with Crippen LogP contribution in [0, 0.1) is 0 Å². The van der Waals surface area contributed by atoms with Gasteiger partial charge in [0.1, 0.15) is 12.6 Å². The first-order chi connectivity index (χ1) is 13.2. The third-order valence-corrected chi connectivity index (χ3v) is 4.14. The molecule has 0 saturated heterocycles. The van der Waals surface area contributed by atoms with E-state index in [0.29, 0.717) is 18.8 Å². The van der Waals surface area contributed by atoms with Crippen molar-refractivity contribution in [1.29, 1.82) is 0 Å². The van der Waals surface area contributed by atoms with Gasteiger partial charge < -0.3 is 37.5 Å². The van der Waals surface area contributed by atoms with Crippen LogP contribution < -0.4 is 27.8 Å². The summed E-state index contributed by atoms with van der Waals surface area (Å²) in [5.41, 5.74) is 17.6. The van der Waals surface area contributed by atoms with Crippen molar-refractivity contribution in [2.24, 2.45) is 17.2 Å². The Balaban J connectivity index is 2.54. The number of benzene rings is 1. The molecule has 0 saturated carbocycles. The molecule has 1 rings (SSSR count). The number of carbonyl (C=O) groups excluding carboxylic acids is 3. The molecule has 0 aliphatic heterocycles. The van der Waals surface area contributed by atoms with E-state index in [1.165, 1.54) is 4.90 Å². The molecule has 0 radical (unpaired) electrons. The molecule has 1 aromatic carbocycles. The molecule has 3 amide bonds. The van der Waals surface area contributed by atoms with E-state index < -0.39 is 30.0 Å². The Morgan fingerprint density at radius 1 is 1.11 bits per heavy atom. The minimum atomic E-state index is -0.827. The Kier molecular flexibility index (Phi) is 9.75. The van der Waals surface area contributed by atoms with Crippen molar-refractivity contribution < 1.29 is 19.1 Å². The molecule has 28 heavy (non-hydrogen) atoms. The number of hydrogen-bond acceptors (Lipinski definition) is 7. The van der Waals surface area contributed by atoms with Gasteiger partial charge in [0.25, 0.3) is 0 Å². The van der Waals surface area contributed by atoms with Gasteiger partial charge in [-0.2, -0.15) is 0 Å². The van der Waals surface area contributed by atoms with Crippen LogP contribution in [-0.4, -0.2) is 62.1 Å². The lowest BCUT2D eigenvalue weighted by molar-refractivity contribution is -0.121. The Labute approximate surface area is 164 Å². The van der Waals surface area contributed by atoms with Gasteiger partial charge in [-0.15, -0.1) is 0 Å². The lowest BCUT2D eigenvalue weighted by atomic mass is 10.1. The Morgan fingerprint density at radius 3 is 2.29 bits per heavy atom. The molecule has 156 valence electrons. The molecule has 0 aliphatic carbocycles. The van der Waals surface area contributed by atoms with Crippen molar-refractivity contribution in [3.63, 3.8) is 0 Å². The number of likely N-dealkylation sites (N-methyl/N-ethyl adjacent to an activating group) is 2. The highest BCUT2D eigenvalue weighted by Crippen LogP contribution is 2.14. The number of nitrogens with two attached hydrogens (primary N) is 3. The number of amides is 3. The van der Waals surface area contributed by atoms with Crippen LogP contribution in [0.25, 0.3) is 0 Å². The lowest BCUT2D eigenvalue weighted by Gasteiger charge is -2.18. The second-order valence-corrected chi connectivity index (χ2v) is 6.46. The van der Waals surface area contributed by atoms with E-state index in [9.17, 15) is 14.4 Å². The van der Waals surface area contributed by atoms with Crippen molar-refractivity contribution in [1.82, 2.24) is 10.2 Å². The highest BCUT2D eigenvalue weighted by Gasteiger charge is 2.18. The van der Waals surface area contributed by atoms with Crippen LogP contribution in [-0.2, 0) is 20.9 Å². The monoisotopic (exact) mass is 394 g/mol. The first kappa shape index (κ1) is 23.2. The maximum Gasteiger partial charge on any atom is 0.409 e. The van der Waals surface area contributed by atoms with Crippen LogP contribution in [0.2, 0.25) is 0 Å². The van der Waals surface area contributed by atoms with E-state index >= 15 is 0 Å². The second-order valence-electron chi connectivity index (χ2n) is 6.46. The molecule has 0 bridgehead atoms. The van der Waals surface area contributed by atoms with Gasteiger partial charge in [0.15, 0.2) is 0 Å². The Morgan fingerprint density at radius 2 is 1.75 bits per heavy atom. The van der Waals surface area contributed by atoms with Gasteiger partial charge in [0.2, 0.25) is 11.8 Å². The predicted molar refractivity (Wildman–Crippen MR) is 106 cm³/mol. The van der Waals surface area contributed by atoms with E-state index in [1.807, 2.05) is 7.05 Å². The van der Waals surface area contributed by atoms with Gasteiger partial charge in [0, 0.05) is 25.8 Å². The van der Waals surface area contributed by atoms with Crippen molar-refractivity contribution in [2.75, 3.05) is 32.5 Å². The van der Waals surface area contributed by atoms with E-state index in [-0.39, 0.29) is 19.4 Å². The number of hydrogen-bond donors (Lipinski definition) is 5. The smallest absolute Gasteiger partial charge is 0.409 e. The maximum absolute atomic E-state index is 11.9. The summed E-state index contributed by atoms with van der Waals surface area (Å²) in [6, 6.07) is 5.53. The molecule has 10 heteroatoms. The predicted octanol–water partition coefficient (Wildman–Crippen LogP) is -0.667. The van der Waals surface area contributed by atoms with Crippen LogP contribution in [0.4, 0.5) is 10.5 Å². The number of rotatable bonds is 12. The zero-order valence-corrected chi connectivity index (χ0v) is 16.3. The van der Waals surface area contributed by atoms with E-state index in [4.69, 9.17) is 21.9 Å². The van der Waals surface area contributed by atoms with Gasteiger partial charge in [-0.3, -0.25) is 9.59 Å². The highest BCUT2D eigenvalue weighted by molar-refractivity contribution is 5.83. The fraction of sp³-hybridized carbons (Fsp3) is 0.500. The maximum atomic E-state index is 11.9. The van der Waals surface area contributed by atoms with Crippen molar-refractivity contribution in [3.05, 3.63) is 29.8 Å². The fourth-order valence-electron chi connectivity index (χ4n) is 2.30. The largest absolute Gasteiger partial charge is 0.445 e. The topological polar surface area (TPSA) is 166 Å². The van der Waals surface area contributed by atoms with E-state index in [1.54, 1.807) is 31.3 Å². The summed E-state index contributed by atoms with van der Waals surface area (Å²) < 4.78 is 5.24. The first-order valence-corrected chi connectivity index (χ1v) is 8.96. The zero-order valence-electron chi connectivity index (χ0n) is 16.3. The fourth-order valence-corrected chi connectivity index (χ4v) is 2.30. The Hall–Kier alpha value is -2.85. The number of primary amides is 2. The summed E-state index contributed by atoms with van der Waals surface area (Å²) >= 11 is 0. The number of anilines is 1. The summed E-state index contributed by atoms with van der Waals surface area (Å²) in [5.74, 6) is -1.18.